The van der Waals surface area contributed by atoms with Gasteiger partial charge in [-0.1, -0.05) is 67.0 Å². The highest BCUT2D eigenvalue weighted by atomic mass is 79.9. The maximum atomic E-state index is 6.62. The molecule has 0 aliphatic rings. The van der Waals surface area contributed by atoms with Crippen molar-refractivity contribution < 1.29 is 0 Å². The minimum absolute atomic E-state index is 0.0898. The lowest BCUT2D eigenvalue weighted by Gasteiger charge is -2.27. The SMILES string of the molecule is Cc1cc(C(N)c2ccccc2C(C)(C)C)c(C)cc1Br. The molecule has 112 valence electrons. The minimum Gasteiger partial charge on any atom is -0.320 e. The van der Waals surface area contributed by atoms with E-state index >= 15 is 0 Å². The van der Waals surface area contributed by atoms with Crippen LogP contribution in [-0.4, -0.2) is 0 Å². The van der Waals surface area contributed by atoms with Gasteiger partial charge in [-0.25, -0.2) is 0 Å². The third kappa shape index (κ3) is 3.38. The van der Waals surface area contributed by atoms with Crippen LogP contribution >= 0.6 is 15.9 Å². The van der Waals surface area contributed by atoms with E-state index in [0.29, 0.717) is 0 Å². The Labute approximate surface area is 136 Å². The van der Waals surface area contributed by atoms with Crippen molar-refractivity contribution in [1.82, 2.24) is 0 Å². The highest BCUT2D eigenvalue weighted by Gasteiger charge is 2.22. The first-order chi connectivity index (χ1) is 9.71. The van der Waals surface area contributed by atoms with Crippen LogP contribution in [-0.2, 0) is 5.41 Å². The fraction of sp³-hybridized carbons (Fsp3) is 0.368. The van der Waals surface area contributed by atoms with Crippen molar-refractivity contribution in [2.75, 3.05) is 0 Å². The summed E-state index contributed by atoms with van der Waals surface area (Å²) < 4.78 is 1.14. The zero-order valence-corrected chi connectivity index (χ0v) is 15.1. The second kappa shape index (κ2) is 5.94. The van der Waals surface area contributed by atoms with Crippen molar-refractivity contribution in [2.24, 2.45) is 5.73 Å². The van der Waals surface area contributed by atoms with E-state index in [4.69, 9.17) is 5.73 Å². The monoisotopic (exact) mass is 345 g/mol. The Hall–Kier alpha value is -1.12. The van der Waals surface area contributed by atoms with E-state index in [9.17, 15) is 0 Å². The van der Waals surface area contributed by atoms with Crippen LogP contribution in [0.5, 0.6) is 0 Å². The smallest absolute Gasteiger partial charge is 0.0557 e. The minimum atomic E-state index is -0.0905. The molecule has 2 heteroatoms. The molecule has 2 rings (SSSR count). The molecule has 21 heavy (non-hydrogen) atoms. The van der Waals surface area contributed by atoms with Gasteiger partial charge in [0.1, 0.15) is 0 Å². The maximum Gasteiger partial charge on any atom is 0.0557 e. The van der Waals surface area contributed by atoms with Gasteiger partial charge in [-0.3, -0.25) is 0 Å². The molecule has 0 amide bonds. The van der Waals surface area contributed by atoms with Gasteiger partial charge in [0.05, 0.1) is 6.04 Å². The summed E-state index contributed by atoms with van der Waals surface area (Å²) in [6.45, 7) is 10.9. The molecule has 0 bridgehead atoms. The molecule has 0 radical (unpaired) electrons. The molecular formula is C19H24BrN. The van der Waals surface area contributed by atoms with E-state index in [0.717, 1.165) is 4.47 Å². The third-order valence-electron chi connectivity index (χ3n) is 3.99. The van der Waals surface area contributed by atoms with Gasteiger partial charge in [-0.2, -0.15) is 0 Å². The van der Waals surface area contributed by atoms with E-state index in [1.165, 1.54) is 27.8 Å². The van der Waals surface area contributed by atoms with Crippen molar-refractivity contribution in [1.29, 1.82) is 0 Å². The van der Waals surface area contributed by atoms with Gasteiger partial charge in [0.2, 0.25) is 0 Å². The van der Waals surface area contributed by atoms with Crippen LogP contribution in [0.25, 0.3) is 0 Å². The molecule has 0 spiro atoms. The molecule has 2 N–H and O–H groups in total. The predicted molar refractivity (Wildman–Crippen MR) is 94.8 cm³/mol. The molecule has 0 aliphatic carbocycles. The van der Waals surface area contributed by atoms with Gasteiger partial charge < -0.3 is 5.73 Å². The predicted octanol–water partition coefficient (Wildman–Crippen LogP) is 5.41. The summed E-state index contributed by atoms with van der Waals surface area (Å²) in [6.07, 6.45) is 0. The Bertz CT molecular complexity index is 653. The standard InChI is InChI=1S/C19H24BrN/c1-12-11-17(20)13(2)10-15(12)18(21)14-8-6-7-9-16(14)19(3,4)5/h6-11,18H,21H2,1-5H3. The zero-order chi connectivity index (χ0) is 15.8. The second-order valence-corrected chi connectivity index (χ2v) is 7.63. The summed E-state index contributed by atoms with van der Waals surface area (Å²) in [4.78, 5) is 0. The Morgan fingerprint density at radius 1 is 0.952 bits per heavy atom. The molecule has 1 nitrogen and oxygen atoms in total. The summed E-state index contributed by atoms with van der Waals surface area (Å²) in [6, 6.07) is 12.8. The lowest BCUT2D eigenvalue weighted by atomic mass is 9.80. The Morgan fingerprint density at radius 3 is 2.19 bits per heavy atom. The summed E-state index contributed by atoms with van der Waals surface area (Å²) in [7, 11) is 0. The molecule has 1 atom stereocenters. The first-order valence-electron chi connectivity index (χ1n) is 7.33. The summed E-state index contributed by atoms with van der Waals surface area (Å²) in [5.41, 5.74) is 12.9. The quantitative estimate of drug-likeness (QED) is 0.773. The number of rotatable bonds is 2. The van der Waals surface area contributed by atoms with E-state index in [1.807, 2.05) is 0 Å². The van der Waals surface area contributed by atoms with Gasteiger partial charge in [0.25, 0.3) is 0 Å². The van der Waals surface area contributed by atoms with E-state index in [2.05, 4.69) is 86.9 Å². The largest absolute Gasteiger partial charge is 0.320 e. The molecule has 0 fully saturated rings. The van der Waals surface area contributed by atoms with Gasteiger partial charge >= 0.3 is 0 Å². The lowest BCUT2D eigenvalue weighted by molar-refractivity contribution is 0.577. The van der Waals surface area contributed by atoms with Crippen LogP contribution in [0.3, 0.4) is 0 Å². The van der Waals surface area contributed by atoms with Crippen LogP contribution in [0.4, 0.5) is 0 Å². The average Bonchev–Trinajstić information content (AvgIpc) is 2.41. The summed E-state index contributed by atoms with van der Waals surface area (Å²) >= 11 is 3.59. The molecule has 2 aromatic rings. The highest BCUT2D eigenvalue weighted by Crippen LogP contribution is 2.33. The van der Waals surface area contributed by atoms with Crippen LogP contribution in [0.2, 0.25) is 0 Å². The van der Waals surface area contributed by atoms with Gasteiger partial charge in [-0.05, 0) is 53.1 Å². The number of hydrogen-bond acceptors (Lipinski definition) is 1. The molecular weight excluding hydrogens is 322 g/mol. The average molecular weight is 346 g/mol. The van der Waals surface area contributed by atoms with Crippen molar-refractivity contribution >= 4 is 15.9 Å². The molecule has 1 unspecified atom stereocenters. The van der Waals surface area contributed by atoms with Crippen molar-refractivity contribution in [3.05, 3.63) is 68.7 Å². The zero-order valence-electron chi connectivity index (χ0n) is 13.5. The fourth-order valence-corrected chi connectivity index (χ4v) is 3.21. The topological polar surface area (TPSA) is 26.0 Å². The first kappa shape index (κ1) is 16.3. The number of hydrogen-bond donors (Lipinski definition) is 1. The van der Waals surface area contributed by atoms with Crippen LogP contribution in [0.15, 0.2) is 40.9 Å². The number of halogens is 1. The van der Waals surface area contributed by atoms with Crippen molar-refractivity contribution in [3.8, 4) is 0 Å². The molecule has 0 saturated carbocycles. The van der Waals surface area contributed by atoms with E-state index in [1.54, 1.807) is 0 Å². The highest BCUT2D eigenvalue weighted by molar-refractivity contribution is 9.10. The van der Waals surface area contributed by atoms with Crippen LogP contribution in [0, 0.1) is 13.8 Å². The molecule has 0 heterocycles. The number of benzene rings is 2. The van der Waals surface area contributed by atoms with E-state index < -0.39 is 0 Å². The maximum absolute atomic E-state index is 6.62. The molecule has 0 aromatic heterocycles. The normalized spacial score (nSPS) is 13.3. The second-order valence-electron chi connectivity index (χ2n) is 6.77. The molecule has 2 aromatic carbocycles. The third-order valence-corrected chi connectivity index (χ3v) is 4.84. The number of aryl methyl sites for hydroxylation is 2. The fourth-order valence-electron chi connectivity index (χ4n) is 2.76. The van der Waals surface area contributed by atoms with Crippen molar-refractivity contribution in [2.45, 2.75) is 46.1 Å². The van der Waals surface area contributed by atoms with E-state index in [-0.39, 0.29) is 11.5 Å². The molecule has 0 saturated heterocycles. The Kier molecular flexibility index (Phi) is 4.60. The lowest BCUT2D eigenvalue weighted by Crippen LogP contribution is -2.21. The van der Waals surface area contributed by atoms with Gasteiger partial charge in [0.15, 0.2) is 0 Å². The summed E-state index contributed by atoms with van der Waals surface area (Å²) in [5, 5.41) is 0. The van der Waals surface area contributed by atoms with Gasteiger partial charge in [0, 0.05) is 4.47 Å². The Morgan fingerprint density at radius 2 is 1.57 bits per heavy atom. The van der Waals surface area contributed by atoms with Crippen LogP contribution in [0.1, 0.15) is 54.6 Å². The molecule has 0 aliphatic heterocycles. The number of nitrogens with two attached hydrogens (primary N) is 1. The Balaban J connectivity index is 2.56. The van der Waals surface area contributed by atoms with Gasteiger partial charge in [-0.15, -0.1) is 0 Å². The first-order valence-corrected chi connectivity index (χ1v) is 8.12. The summed E-state index contributed by atoms with van der Waals surface area (Å²) in [5.74, 6) is 0. The van der Waals surface area contributed by atoms with Crippen LogP contribution < -0.4 is 5.73 Å². The van der Waals surface area contributed by atoms with Crippen molar-refractivity contribution in [3.63, 3.8) is 0 Å².